The summed E-state index contributed by atoms with van der Waals surface area (Å²) in [5.74, 6) is 1.60. The third-order valence-corrected chi connectivity index (χ3v) is 13.9. The Morgan fingerprint density at radius 3 is 2.18 bits per heavy atom. The summed E-state index contributed by atoms with van der Waals surface area (Å²) in [4.78, 5) is 12.9. The molecule has 5 aliphatic carbocycles. The van der Waals surface area contributed by atoms with Crippen LogP contribution in [0.5, 0.6) is 0 Å². The summed E-state index contributed by atoms with van der Waals surface area (Å²) in [5.41, 5.74) is 0.907. The third kappa shape index (κ3) is 2.28. The zero-order valence-corrected chi connectivity index (χ0v) is 22.5. The molecule has 7 rings (SSSR count). The first-order chi connectivity index (χ1) is 15.7. The first-order valence-corrected chi connectivity index (χ1v) is 14.3. The number of ether oxygens (including phenoxy) is 2. The zero-order valence-electron chi connectivity index (χ0n) is 22.5. The van der Waals surface area contributed by atoms with Gasteiger partial charge < -0.3 is 14.6 Å². The molecule has 7 fully saturated rings. The average molecular weight is 471 g/mol. The van der Waals surface area contributed by atoms with Crippen molar-refractivity contribution in [2.75, 3.05) is 0 Å². The lowest BCUT2D eigenvalue weighted by Crippen LogP contribution is -2.58. The molecule has 11 atom stereocenters. The Labute approximate surface area is 205 Å². The van der Waals surface area contributed by atoms with Crippen molar-refractivity contribution in [3.8, 4) is 0 Å². The maximum Gasteiger partial charge on any atom is 0.195 e. The maximum atomic E-state index is 12.9. The quantitative estimate of drug-likeness (QED) is 0.485. The smallest absolute Gasteiger partial charge is 0.195 e. The lowest BCUT2D eigenvalue weighted by atomic mass is 9.42. The van der Waals surface area contributed by atoms with Gasteiger partial charge in [0.25, 0.3) is 0 Å². The second-order valence-corrected chi connectivity index (χ2v) is 15.7. The van der Waals surface area contributed by atoms with Gasteiger partial charge in [-0.15, -0.1) is 0 Å². The normalized spacial score (nSPS) is 62.5. The van der Waals surface area contributed by atoms with Crippen LogP contribution in [-0.2, 0) is 14.3 Å². The molecule has 2 aliphatic heterocycles. The highest BCUT2D eigenvalue weighted by molar-refractivity contribution is 5.86. The van der Waals surface area contributed by atoms with Gasteiger partial charge in [-0.25, -0.2) is 0 Å². The number of fused-ring (bicyclic) bond motifs is 4. The molecular weight excluding hydrogens is 424 g/mol. The molecule has 2 saturated heterocycles. The Kier molecular flexibility index (Phi) is 4.00. The van der Waals surface area contributed by atoms with Gasteiger partial charge in [0.1, 0.15) is 11.9 Å². The second kappa shape index (κ2) is 5.99. The minimum atomic E-state index is -1.14. The van der Waals surface area contributed by atoms with Crippen molar-refractivity contribution in [2.24, 2.45) is 50.7 Å². The maximum absolute atomic E-state index is 12.9. The van der Waals surface area contributed by atoms with Gasteiger partial charge in [0.15, 0.2) is 5.79 Å². The summed E-state index contributed by atoms with van der Waals surface area (Å²) in [6.07, 6.45) is 10.1. The van der Waals surface area contributed by atoms with Crippen LogP contribution in [0, 0.1) is 50.7 Å². The largest absolute Gasteiger partial charge is 0.363 e. The van der Waals surface area contributed by atoms with E-state index in [0.29, 0.717) is 40.8 Å². The molecule has 5 saturated carbocycles. The molecule has 0 radical (unpaired) electrons. The van der Waals surface area contributed by atoms with Gasteiger partial charge in [-0.2, -0.15) is 0 Å². The van der Waals surface area contributed by atoms with Crippen LogP contribution in [0.15, 0.2) is 0 Å². The molecule has 0 bridgehead atoms. The number of aliphatic hydroxyl groups is 1. The number of Topliss-reactive ketones (excluding diaryl/α,β-unsaturated/α-hetero) is 1. The average Bonchev–Trinajstić information content (AvgIpc) is 3.56. The summed E-state index contributed by atoms with van der Waals surface area (Å²) in [7, 11) is 0. The van der Waals surface area contributed by atoms with E-state index in [1.165, 1.54) is 32.1 Å². The second-order valence-electron chi connectivity index (χ2n) is 15.7. The summed E-state index contributed by atoms with van der Waals surface area (Å²) < 4.78 is 12.6. The van der Waals surface area contributed by atoms with Gasteiger partial charge >= 0.3 is 0 Å². The molecule has 4 heteroatoms. The lowest BCUT2D eigenvalue weighted by Gasteiger charge is -2.62. The Bertz CT molecular complexity index is 971. The summed E-state index contributed by atoms with van der Waals surface area (Å²) in [5, 5.41) is 11.6. The fourth-order valence-electron chi connectivity index (χ4n) is 12.3. The van der Waals surface area contributed by atoms with Gasteiger partial charge in [0, 0.05) is 18.3 Å². The van der Waals surface area contributed by atoms with Crippen molar-refractivity contribution in [2.45, 2.75) is 130 Å². The summed E-state index contributed by atoms with van der Waals surface area (Å²) >= 11 is 0. The fourth-order valence-corrected chi connectivity index (χ4v) is 12.3. The van der Waals surface area contributed by atoms with Crippen LogP contribution in [0.1, 0.15) is 106 Å². The molecule has 0 aromatic rings. The first-order valence-electron chi connectivity index (χ1n) is 14.3. The van der Waals surface area contributed by atoms with E-state index in [-0.39, 0.29) is 34.1 Å². The van der Waals surface area contributed by atoms with Crippen LogP contribution in [0.3, 0.4) is 0 Å². The highest BCUT2D eigenvalue weighted by Crippen LogP contribution is 2.89. The van der Waals surface area contributed by atoms with E-state index in [9.17, 15) is 9.90 Å². The predicted molar refractivity (Wildman–Crippen MR) is 130 cm³/mol. The zero-order chi connectivity index (χ0) is 24.3. The van der Waals surface area contributed by atoms with E-state index in [2.05, 4.69) is 48.5 Å². The van der Waals surface area contributed by atoms with Gasteiger partial charge in [-0.05, 0) is 104 Å². The number of carbonyl (C=O) groups is 1. The van der Waals surface area contributed by atoms with Crippen molar-refractivity contribution in [1.82, 2.24) is 0 Å². The van der Waals surface area contributed by atoms with E-state index in [1.54, 1.807) is 0 Å². The van der Waals surface area contributed by atoms with Crippen molar-refractivity contribution in [3.05, 3.63) is 0 Å². The number of carbonyl (C=O) groups excluding carboxylic acids is 1. The standard InChI is InChI=1S/C30H46O4/c1-17-14-30(32,23-25(4,5)34-23)33-18-15-27(7)20-9-8-19-24(2,3)21(31)10-11-28(19)16-29(20,28)13-12-26(27,6)22(17)18/h17-20,22-23,32H,8-16H2,1-7H3/t17-,18+,19+,20+,22+,23?,26-,27+,28-,29+,30+/m1/s1. The van der Waals surface area contributed by atoms with Crippen LogP contribution in [0.2, 0.25) is 0 Å². The van der Waals surface area contributed by atoms with Crippen LogP contribution in [0.4, 0.5) is 0 Å². The van der Waals surface area contributed by atoms with Crippen LogP contribution in [0.25, 0.3) is 0 Å². The molecule has 7 aliphatic rings. The van der Waals surface area contributed by atoms with Gasteiger partial charge in [-0.3, -0.25) is 4.79 Å². The minimum absolute atomic E-state index is 0.121. The topological polar surface area (TPSA) is 59.1 Å². The molecular formula is C30H46O4. The van der Waals surface area contributed by atoms with Crippen LogP contribution >= 0.6 is 0 Å². The number of hydrogen-bond donors (Lipinski definition) is 1. The highest BCUT2D eigenvalue weighted by atomic mass is 16.7. The molecule has 0 aromatic carbocycles. The van der Waals surface area contributed by atoms with E-state index in [0.717, 1.165) is 25.2 Å². The Morgan fingerprint density at radius 2 is 1.50 bits per heavy atom. The van der Waals surface area contributed by atoms with Gasteiger partial charge in [0.2, 0.25) is 0 Å². The van der Waals surface area contributed by atoms with E-state index >= 15 is 0 Å². The van der Waals surface area contributed by atoms with Crippen molar-refractivity contribution >= 4 is 5.78 Å². The molecule has 190 valence electrons. The van der Waals surface area contributed by atoms with Crippen molar-refractivity contribution in [3.63, 3.8) is 0 Å². The molecule has 34 heavy (non-hydrogen) atoms. The summed E-state index contributed by atoms with van der Waals surface area (Å²) in [6, 6.07) is 0. The third-order valence-electron chi connectivity index (χ3n) is 13.9. The number of epoxide rings is 1. The molecule has 0 amide bonds. The monoisotopic (exact) mass is 470 g/mol. The van der Waals surface area contributed by atoms with Crippen molar-refractivity contribution < 1.29 is 19.4 Å². The molecule has 4 nitrogen and oxygen atoms in total. The number of ketones is 1. The van der Waals surface area contributed by atoms with Crippen molar-refractivity contribution in [1.29, 1.82) is 0 Å². The van der Waals surface area contributed by atoms with Crippen LogP contribution < -0.4 is 0 Å². The Balaban J connectivity index is 1.24. The Morgan fingerprint density at radius 1 is 0.853 bits per heavy atom. The fraction of sp³-hybridized carbons (Fsp3) is 0.967. The number of hydrogen-bond acceptors (Lipinski definition) is 4. The van der Waals surface area contributed by atoms with Gasteiger partial charge in [0.05, 0.1) is 11.7 Å². The van der Waals surface area contributed by atoms with E-state index in [1.807, 2.05) is 0 Å². The molecule has 1 N–H and O–H groups in total. The first kappa shape index (κ1) is 22.7. The molecule has 0 aromatic heterocycles. The van der Waals surface area contributed by atoms with Gasteiger partial charge in [-0.1, -0.05) is 34.6 Å². The summed E-state index contributed by atoms with van der Waals surface area (Å²) in [6.45, 7) is 16.2. The minimum Gasteiger partial charge on any atom is -0.363 e. The van der Waals surface area contributed by atoms with Crippen LogP contribution in [-0.4, -0.2) is 34.5 Å². The predicted octanol–water partition coefficient (Wildman–Crippen LogP) is 5.90. The Hall–Kier alpha value is -0.450. The molecule has 2 spiro atoms. The highest BCUT2D eigenvalue weighted by Gasteiger charge is 2.83. The number of rotatable bonds is 1. The lowest BCUT2D eigenvalue weighted by molar-refractivity contribution is -0.289. The van der Waals surface area contributed by atoms with E-state index in [4.69, 9.17) is 9.47 Å². The SMILES string of the molecule is C[C@@H]1C[C@@](O)(C2OC2(C)C)O[C@H]2C[C@@]3(C)[C@@H]4CC[C@H]5C(C)(C)C(=O)CC[C@@]56C[C@@]46CC[C@]3(C)[C@@H]12. The molecule has 2 heterocycles. The van der Waals surface area contributed by atoms with E-state index < -0.39 is 5.79 Å². The molecule has 1 unspecified atom stereocenters.